The fourth-order valence-corrected chi connectivity index (χ4v) is 3.04. The van der Waals surface area contributed by atoms with Gasteiger partial charge < -0.3 is 5.32 Å². The lowest BCUT2D eigenvalue weighted by Gasteiger charge is -2.34. The molecule has 0 unspecified atom stereocenters. The number of rotatable bonds is 0. The van der Waals surface area contributed by atoms with E-state index < -0.39 is 0 Å². The Bertz CT molecular complexity index is 116. The van der Waals surface area contributed by atoms with Gasteiger partial charge in [0.25, 0.3) is 0 Å². The van der Waals surface area contributed by atoms with E-state index in [1.165, 1.54) is 32.2 Å². The summed E-state index contributed by atoms with van der Waals surface area (Å²) in [6, 6.07) is 0. The molecule has 5 fully saturated rings. The molecule has 3 saturated carbocycles. The highest BCUT2D eigenvalue weighted by Crippen LogP contribution is 2.65. The molecule has 0 atom stereocenters. The first-order valence-corrected chi connectivity index (χ1v) is 3.58. The van der Waals surface area contributed by atoms with E-state index in [-0.39, 0.29) is 0 Å². The van der Waals surface area contributed by atoms with Crippen molar-refractivity contribution in [1.82, 2.24) is 5.32 Å². The molecule has 8 heavy (non-hydrogen) atoms. The second-order valence-corrected chi connectivity index (χ2v) is 3.99. The van der Waals surface area contributed by atoms with Crippen LogP contribution in [-0.4, -0.2) is 12.1 Å². The summed E-state index contributed by atoms with van der Waals surface area (Å²) in [5.41, 5.74) is 1.53. The zero-order valence-corrected chi connectivity index (χ0v) is 5.04. The largest absolute Gasteiger partial charge is 0.311 e. The maximum absolute atomic E-state index is 3.60. The summed E-state index contributed by atoms with van der Waals surface area (Å²) in [4.78, 5) is 0. The topological polar surface area (TPSA) is 12.0 Å². The highest BCUT2D eigenvalue weighted by molar-refractivity contribution is 5.22. The second-order valence-electron chi connectivity index (χ2n) is 3.99. The van der Waals surface area contributed by atoms with Gasteiger partial charge in [-0.2, -0.15) is 0 Å². The Morgan fingerprint density at radius 3 is 2.12 bits per heavy atom. The van der Waals surface area contributed by atoms with Crippen LogP contribution >= 0.6 is 0 Å². The van der Waals surface area contributed by atoms with Gasteiger partial charge in [-0.1, -0.05) is 0 Å². The molecule has 5 aliphatic rings. The van der Waals surface area contributed by atoms with Crippen LogP contribution in [0.2, 0.25) is 0 Å². The Morgan fingerprint density at radius 2 is 2.00 bits per heavy atom. The third kappa shape index (κ3) is 0.218. The standard InChI is InChI=1S/C7H11N/c1-2-7-3-6(1,4-7)5-8-7/h8H,1-5H2. The van der Waals surface area contributed by atoms with Crippen molar-refractivity contribution in [3.63, 3.8) is 0 Å². The Balaban J connectivity index is 2.17. The van der Waals surface area contributed by atoms with E-state index in [1.807, 2.05) is 0 Å². The van der Waals surface area contributed by atoms with Crippen LogP contribution in [0.5, 0.6) is 0 Å². The lowest BCUT2D eigenvalue weighted by Crippen LogP contribution is -2.39. The summed E-state index contributed by atoms with van der Waals surface area (Å²) in [5.74, 6) is 0. The van der Waals surface area contributed by atoms with Crippen LogP contribution in [0.1, 0.15) is 25.7 Å². The lowest BCUT2D eigenvalue weighted by molar-refractivity contribution is 0.213. The maximum atomic E-state index is 3.60. The van der Waals surface area contributed by atoms with Crippen molar-refractivity contribution in [3.05, 3.63) is 0 Å². The SMILES string of the molecule is C1CC23CC1(CN2)C3. The van der Waals surface area contributed by atoms with Crippen molar-refractivity contribution in [2.24, 2.45) is 5.41 Å². The Labute approximate surface area is 49.5 Å². The summed E-state index contributed by atoms with van der Waals surface area (Å²) >= 11 is 0. The molecule has 2 bridgehead atoms. The van der Waals surface area contributed by atoms with Gasteiger partial charge in [0.05, 0.1) is 0 Å². The first kappa shape index (κ1) is 3.89. The molecule has 2 aliphatic heterocycles. The van der Waals surface area contributed by atoms with Crippen molar-refractivity contribution in [1.29, 1.82) is 0 Å². The third-order valence-electron chi connectivity index (χ3n) is 3.40. The Kier molecular flexibility index (Phi) is 0.372. The molecule has 3 aliphatic carbocycles. The number of hydrogen-bond donors (Lipinski definition) is 1. The molecule has 1 heteroatoms. The van der Waals surface area contributed by atoms with Gasteiger partial charge in [-0.15, -0.1) is 0 Å². The molecule has 0 spiro atoms. The van der Waals surface area contributed by atoms with Gasteiger partial charge in [0, 0.05) is 12.1 Å². The van der Waals surface area contributed by atoms with Crippen LogP contribution < -0.4 is 5.32 Å². The predicted molar refractivity (Wildman–Crippen MR) is 31.6 cm³/mol. The summed E-state index contributed by atoms with van der Waals surface area (Å²) in [7, 11) is 0. The smallest absolute Gasteiger partial charge is 0.0193 e. The van der Waals surface area contributed by atoms with E-state index in [4.69, 9.17) is 0 Å². The van der Waals surface area contributed by atoms with Crippen LogP contribution in [0.25, 0.3) is 0 Å². The minimum absolute atomic E-state index is 0.694. The molecular weight excluding hydrogens is 98.1 g/mol. The normalized spacial score (nSPS) is 66.0. The lowest BCUT2D eigenvalue weighted by atomic mass is 9.71. The molecule has 1 nitrogen and oxygen atoms in total. The van der Waals surface area contributed by atoms with Gasteiger partial charge in [-0.25, -0.2) is 0 Å². The summed E-state index contributed by atoms with van der Waals surface area (Å²) in [6.07, 6.45) is 6.03. The first-order valence-electron chi connectivity index (χ1n) is 3.58. The second kappa shape index (κ2) is 0.766. The quantitative estimate of drug-likeness (QED) is 0.487. The fourth-order valence-electron chi connectivity index (χ4n) is 3.04. The van der Waals surface area contributed by atoms with E-state index in [1.54, 1.807) is 0 Å². The van der Waals surface area contributed by atoms with E-state index in [0.29, 0.717) is 5.54 Å². The van der Waals surface area contributed by atoms with Crippen molar-refractivity contribution in [2.45, 2.75) is 31.2 Å². The fraction of sp³-hybridized carbons (Fsp3) is 1.00. The minimum Gasteiger partial charge on any atom is -0.311 e. The Hall–Kier alpha value is -0.0400. The zero-order chi connectivity index (χ0) is 5.24. The summed E-state index contributed by atoms with van der Waals surface area (Å²) in [5, 5.41) is 3.60. The predicted octanol–water partition coefficient (Wildman–Crippen LogP) is 0.902. The van der Waals surface area contributed by atoms with Crippen molar-refractivity contribution in [2.75, 3.05) is 6.54 Å². The molecule has 2 heterocycles. The van der Waals surface area contributed by atoms with E-state index in [0.717, 1.165) is 5.41 Å². The molecule has 0 aromatic rings. The Morgan fingerprint density at radius 1 is 1.12 bits per heavy atom. The first-order chi connectivity index (χ1) is 3.83. The summed E-state index contributed by atoms with van der Waals surface area (Å²) in [6.45, 7) is 1.34. The van der Waals surface area contributed by atoms with Crippen LogP contribution in [0.4, 0.5) is 0 Å². The van der Waals surface area contributed by atoms with Gasteiger partial charge in [0.2, 0.25) is 0 Å². The number of hydrogen-bond acceptors (Lipinski definition) is 1. The van der Waals surface area contributed by atoms with Gasteiger partial charge in [-0.05, 0) is 31.1 Å². The molecule has 2 saturated heterocycles. The highest BCUT2D eigenvalue weighted by atomic mass is 15.1. The molecule has 1 N–H and O–H groups in total. The average Bonchev–Trinajstić information content (AvgIpc) is 2.24. The van der Waals surface area contributed by atoms with E-state index in [2.05, 4.69) is 5.32 Å². The maximum Gasteiger partial charge on any atom is 0.0193 e. The average molecular weight is 109 g/mol. The third-order valence-corrected chi connectivity index (χ3v) is 3.40. The van der Waals surface area contributed by atoms with Crippen molar-refractivity contribution >= 4 is 0 Å². The van der Waals surface area contributed by atoms with Crippen LogP contribution in [-0.2, 0) is 0 Å². The van der Waals surface area contributed by atoms with Crippen molar-refractivity contribution < 1.29 is 0 Å². The zero-order valence-electron chi connectivity index (χ0n) is 5.04. The summed E-state index contributed by atoms with van der Waals surface area (Å²) < 4.78 is 0. The van der Waals surface area contributed by atoms with Gasteiger partial charge in [-0.3, -0.25) is 0 Å². The minimum atomic E-state index is 0.694. The highest BCUT2D eigenvalue weighted by Gasteiger charge is 2.65. The molecule has 0 aromatic heterocycles. The monoisotopic (exact) mass is 109 g/mol. The molecule has 0 radical (unpaired) electrons. The van der Waals surface area contributed by atoms with Gasteiger partial charge >= 0.3 is 0 Å². The van der Waals surface area contributed by atoms with Crippen LogP contribution in [0, 0.1) is 5.41 Å². The number of nitrogens with one attached hydrogen (secondary N) is 1. The number of piperidine rings is 1. The van der Waals surface area contributed by atoms with E-state index in [9.17, 15) is 0 Å². The van der Waals surface area contributed by atoms with Gasteiger partial charge in [0.1, 0.15) is 0 Å². The number of fused-ring (bicyclic) bond motifs is 2. The molecule has 0 amide bonds. The van der Waals surface area contributed by atoms with Gasteiger partial charge in [0.15, 0.2) is 0 Å². The van der Waals surface area contributed by atoms with Crippen LogP contribution in [0.15, 0.2) is 0 Å². The van der Waals surface area contributed by atoms with Crippen molar-refractivity contribution in [3.8, 4) is 0 Å². The van der Waals surface area contributed by atoms with Crippen LogP contribution in [0.3, 0.4) is 0 Å². The molecule has 0 aromatic carbocycles. The van der Waals surface area contributed by atoms with E-state index >= 15 is 0 Å². The molecule has 44 valence electrons. The molecule has 5 rings (SSSR count). The molecular formula is C7H11N.